The number of carbonyl (C=O) groups is 1. The number of anilines is 1. The molecule has 0 saturated carbocycles. The van der Waals surface area contributed by atoms with Crippen LogP contribution in [0, 0.1) is 12.3 Å². The summed E-state index contributed by atoms with van der Waals surface area (Å²) in [5.41, 5.74) is 1.06. The first-order valence-electron chi connectivity index (χ1n) is 7.09. The molecular weight excluding hydrogens is 272 g/mol. The Morgan fingerprint density at radius 3 is 2.95 bits per heavy atom. The van der Waals surface area contributed by atoms with Crippen molar-refractivity contribution in [2.24, 2.45) is 5.41 Å². The van der Waals surface area contributed by atoms with Crippen molar-refractivity contribution in [3.8, 4) is 0 Å². The van der Waals surface area contributed by atoms with Crippen molar-refractivity contribution in [1.29, 1.82) is 0 Å². The van der Waals surface area contributed by atoms with E-state index in [2.05, 4.69) is 10.3 Å². The predicted molar refractivity (Wildman–Crippen MR) is 78.4 cm³/mol. The van der Waals surface area contributed by atoms with Gasteiger partial charge in [-0.1, -0.05) is 0 Å². The zero-order chi connectivity index (χ0) is 15.3. The number of carbonyl (C=O) groups excluding carboxylic acids is 1. The maximum absolute atomic E-state index is 11.5. The summed E-state index contributed by atoms with van der Waals surface area (Å²) in [7, 11) is 1.35. The Labute approximate surface area is 124 Å². The molecular formula is C15H22N2O4. The molecule has 1 aromatic heterocycles. The number of hydrogen-bond donors (Lipinski definition) is 2. The lowest BCUT2D eigenvalue weighted by atomic mass is 9.84. The van der Waals surface area contributed by atoms with Crippen LogP contribution in [0.4, 0.5) is 5.82 Å². The van der Waals surface area contributed by atoms with Crippen LogP contribution in [0.1, 0.15) is 28.9 Å². The fourth-order valence-electron chi connectivity index (χ4n) is 2.57. The monoisotopic (exact) mass is 294 g/mol. The summed E-state index contributed by atoms with van der Waals surface area (Å²) in [6, 6.07) is 3.47. The molecule has 1 atom stereocenters. The average molecular weight is 294 g/mol. The molecule has 1 unspecified atom stereocenters. The molecule has 0 amide bonds. The Bertz CT molecular complexity index is 498. The lowest BCUT2D eigenvalue weighted by Crippen LogP contribution is -2.31. The predicted octanol–water partition coefficient (Wildman–Crippen LogP) is 1.38. The van der Waals surface area contributed by atoms with Gasteiger partial charge in [0.15, 0.2) is 0 Å². The van der Waals surface area contributed by atoms with Crippen molar-refractivity contribution in [3.05, 3.63) is 23.4 Å². The van der Waals surface area contributed by atoms with E-state index in [1.807, 2.05) is 0 Å². The van der Waals surface area contributed by atoms with E-state index in [1.54, 1.807) is 19.1 Å². The van der Waals surface area contributed by atoms with Gasteiger partial charge in [0.1, 0.15) is 5.82 Å². The summed E-state index contributed by atoms with van der Waals surface area (Å²) in [4.78, 5) is 15.9. The number of rotatable bonds is 6. The molecule has 0 bridgehead atoms. The van der Waals surface area contributed by atoms with Gasteiger partial charge in [0.2, 0.25) is 0 Å². The van der Waals surface area contributed by atoms with E-state index in [0.717, 1.165) is 13.0 Å². The zero-order valence-electron chi connectivity index (χ0n) is 12.5. The number of aliphatic hydroxyl groups is 1. The van der Waals surface area contributed by atoms with Crippen LogP contribution in [0.2, 0.25) is 0 Å². The first-order chi connectivity index (χ1) is 10.1. The van der Waals surface area contributed by atoms with E-state index < -0.39 is 0 Å². The molecule has 0 aromatic carbocycles. The summed E-state index contributed by atoms with van der Waals surface area (Å²) < 4.78 is 10.2. The molecule has 0 spiro atoms. The minimum atomic E-state index is -0.382. The zero-order valence-corrected chi connectivity index (χ0v) is 12.5. The quantitative estimate of drug-likeness (QED) is 0.772. The Morgan fingerprint density at radius 1 is 1.57 bits per heavy atom. The van der Waals surface area contributed by atoms with Crippen LogP contribution in [0.5, 0.6) is 0 Å². The normalized spacial score (nSPS) is 21.3. The minimum absolute atomic E-state index is 0.0364. The fraction of sp³-hybridized carbons (Fsp3) is 0.600. The molecule has 116 valence electrons. The Balaban J connectivity index is 2.03. The maximum Gasteiger partial charge on any atom is 0.339 e. The fourth-order valence-corrected chi connectivity index (χ4v) is 2.57. The first kappa shape index (κ1) is 15.7. The number of esters is 1. The van der Waals surface area contributed by atoms with Gasteiger partial charge in [-0.25, -0.2) is 9.78 Å². The lowest BCUT2D eigenvalue weighted by molar-refractivity contribution is 0.0599. The van der Waals surface area contributed by atoms with E-state index in [0.29, 0.717) is 36.6 Å². The van der Waals surface area contributed by atoms with Gasteiger partial charge in [0, 0.05) is 25.2 Å². The second kappa shape index (κ2) is 6.87. The topological polar surface area (TPSA) is 80.7 Å². The lowest BCUT2D eigenvalue weighted by Gasteiger charge is -2.27. The number of nitrogens with zero attached hydrogens (tertiary/aromatic N) is 1. The van der Waals surface area contributed by atoms with Crippen LogP contribution in [0.25, 0.3) is 0 Å². The van der Waals surface area contributed by atoms with Crippen molar-refractivity contribution in [3.63, 3.8) is 0 Å². The summed E-state index contributed by atoms with van der Waals surface area (Å²) >= 11 is 0. The number of ether oxygens (including phenoxy) is 2. The van der Waals surface area contributed by atoms with Gasteiger partial charge in [-0.2, -0.15) is 0 Å². The van der Waals surface area contributed by atoms with Gasteiger partial charge < -0.3 is 19.9 Å². The second-order valence-electron chi connectivity index (χ2n) is 5.45. The Kier molecular flexibility index (Phi) is 5.14. The molecule has 1 aromatic rings. The standard InChI is InChI=1S/C15H22N2O4/c1-11-12(14(19)20-2)3-4-13(17-11)16-9-15(5-7-18)6-8-21-10-15/h3-4,18H,5-10H2,1-2H3,(H,16,17). The minimum Gasteiger partial charge on any atom is -0.465 e. The number of pyridine rings is 1. The maximum atomic E-state index is 11.5. The number of nitrogens with one attached hydrogen (secondary N) is 1. The van der Waals surface area contributed by atoms with Crippen molar-refractivity contribution < 1.29 is 19.4 Å². The molecule has 21 heavy (non-hydrogen) atoms. The number of methoxy groups -OCH3 is 1. The van der Waals surface area contributed by atoms with Gasteiger partial charge in [-0.3, -0.25) is 0 Å². The van der Waals surface area contributed by atoms with Gasteiger partial charge >= 0.3 is 5.97 Å². The van der Waals surface area contributed by atoms with Gasteiger partial charge in [0.05, 0.1) is 25.0 Å². The largest absolute Gasteiger partial charge is 0.465 e. The van der Waals surface area contributed by atoms with E-state index in [1.165, 1.54) is 7.11 Å². The molecule has 1 saturated heterocycles. The highest BCUT2D eigenvalue weighted by Gasteiger charge is 2.34. The van der Waals surface area contributed by atoms with E-state index in [4.69, 9.17) is 9.47 Å². The van der Waals surface area contributed by atoms with Crippen LogP contribution in [-0.2, 0) is 9.47 Å². The van der Waals surface area contributed by atoms with Gasteiger partial charge in [-0.05, 0) is 31.9 Å². The van der Waals surface area contributed by atoms with Crippen LogP contribution in [0.3, 0.4) is 0 Å². The Morgan fingerprint density at radius 2 is 2.38 bits per heavy atom. The highest BCUT2D eigenvalue weighted by Crippen LogP contribution is 2.32. The SMILES string of the molecule is COC(=O)c1ccc(NCC2(CCO)CCOC2)nc1C. The van der Waals surface area contributed by atoms with E-state index in [9.17, 15) is 9.90 Å². The van der Waals surface area contributed by atoms with Crippen LogP contribution < -0.4 is 5.32 Å². The third-order valence-electron chi connectivity index (χ3n) is 3.96. The number of aryl methyl sites for hydroxylation is 1. The van der Waals surface area contributed by atoms with Crippen molar-refractivity contribution in [2.75, 3.05) is 38.8 Å². The van der Waals surface area contributed by atoms with Crippen LogP contribution >= 0.6 is 0 Å². The third-order valence-corrected chi connectivity index (χ3v) is 3.96. The highest BCUT2D eigenvalue weighted by molar-refractivity contribution is 5.90. The van der Waals surface area contributed by atoms with Gasteiger partial charge in [0.25, 0.3) is 0 Å². The molecule has 1 aliphatic rings. The number of hydrogen-bond acceptors (Lipinski definition) is 6. The van der Waals surface area contributed by atoms with Gasteiger partial charge in [-0.15, -0.1) is 0 Å². The summed E-state index contributed by atoms with van der Waals surface area (Å²) in [5.74, 6) is 0.330. The number of aliphatic hydroxyl groups excluding tert-OH is 1. The summed E-state index contributed by atoms with van der Waals surface area (Å²) in [5, 5.41) is 12.5. The van der Waals surface area contributed by atoms with Crippen molar-refractivity contribution >= 4 is 11.8 Å². The molecule has 0 aliphatic carbocycles. The Hall–Kier alpha value is -1.66. The first-order valence-corrected chi connectivity index (χ1v) is 7.09. The van der Waals surface area contributed by atoms with Crippen LogP contribution in [-0.4, -0.2) is 49.5 Å². The molecule has 1 fully saturated rings. The van der Waals surface area contributed by atoms with Crippen molar-refractivity contribution in [1.82, 2.24) is 4.98 Å². The molecule has 6 nitrogen and oxygen atoms in total. The van der Waals surface area contributed by atoms with Crippen molar-refractivity contribution in [2.45, 2.75) is 19.8 Å². The average Bonchev–Trinajstić information content (AvgIpc) is 2.94. The molecule has 1 aliphatic heterocycles. The molecule has 2 heterocycles. The second-order valence-corrected chi connectivity index (χ2v) is 5.45. The molecule has 0 radical (unpaired) electrons. The number of aromatic nitrogens is 1. The van der Waals surface area contributed by atoms with Crippen LogP contribution in [0.15, 0.2) is 12.1 Å². The molecule has 2 rings (SSSR count). The van der Waals surface area contributed by atoms with E-state index in [-0.39, 0.29) is 18.0 Å². The molecule has 6 heteroatoms. The summed E-state index contributed by atoms with van der Waals surface area (Å²) in [6.45, 7) is 4.01. The highest BCUT2D eigenvalue weighted by atomic mass is 16.5. The molecule has 2 N–H and O–H groups in total. The smallest absolute Gasteiger partial charge is 0.339 e. The van der Waals surface area contributed by atoms with E-state index >= 15 is 0 Å². The third kappa shape index (κ3) is 3.71. The summed E-state index contributed by atoms with van der Waals surface area (Å²) in [6.07, 6.45) is 1.64.